The van der Waals surface area contributed by atoms with Crippen molar-refractivity contribution in [3.05, 3.63) is 59.1 Å². The summed E-state index contributed by atoms with van der Waals surface area (Å²) >= 11 is 1.55. The fourth-order valence-corrected chi connectivity index (χ4v) is 4.20. The Hall–Kier alpha value is -2.29. The maximum atomic E-state index is 12.2. The molecule has 6 nitrogen and oxygen atoms in total. The van der Waals surface area contributed by atoms with E-state index in [2.05, 4.69) is 9.71 Å². The highest BCUT2D eigenvalue weighted by Gasteiger charge is 2.14. The second-order valence-corrected chi connectivity index (χ2v) is 7.99. The lowest BCUT2D eigenvalue weighted by atomic mass is 10.2. The van der Waals surface area contributed by atoms with Crippen LogP contribution in [0.2, 0.25) is 0 Å². The van der Waals surface area contributed by atoms with Crippen molar-refractivity contribution in [1.82, 2.24) is 9.71 Å². The molecule has 1 aromatic heterocycles. The summed E-state index contributed by atoms with van der Waals surface area (Å²) in [5, 5.41) is 0.878. The fraction of sp³-hybridized carbons (Fsp3) is 0.125. The smallest absolute Gasteiger partial charge is 0.248 e. The van der Waals surface area contributed by atoms with Crippen LogP contribution in [0.15, 0.2) is 53.4 Å². The Morgan fingerprint density at radius 2 is 1.83 bits per heavy atom. The monoisotopic (exact) mass is 361 g/mol. The van der Waals surface area contributed by atoms with Crippen LogP contribution in [0.4, 0.5) is 0 Å². The number of hydrogen-bond acceptors (Lipinski definition) is 5. The molecule has 2 aromatic carbocycles. The summed E-state index contributed by atoms with van der Waals surface area (Å²) in [5.41, 5.74) is 6.33. The summed E-state index contributed by atoms with van der Waals surface area (Å²) in [4.78, 5) is 15.6. The van der Waals surface area contributed by atoms with Crippen molar-refractivity contribution in [1.29, 1.82) is 0 Å². The molecule has 0 bridgehead atoms. The number of benzene rings is 2. The van der Waals surface area contributed by atoms with Gasteiger partial charge in [0.2, 0.25) is 15.9 Å². The van der Waals surface area contributed by atoms with E-state index in [-0.39, 0.29) is 17.0 Å². The average Bonchev–Trinajstić information content (AvgIpc) is 2.97. The number of amides is 1. The van der Waals surface area contributed by atoms with Crippen molar-refractivity contribution in [3.63, 3.8) is 0 Å². The molecule has 124 valence electrons. The first kappa shape index (κ1) is 16.6. The van der Waals surface area contributed by atoms with Crippen LogP contribution in [0.5, 0.6) is 0 Å². The van der Waals surface area contributed by atoms with Gasteiger partial charge in [-0.2, -0.15) is 0 Å². The van der Waals surface area contributed by atoms with Gasteiger partial charge in [-0.3, -0.25) is 4.79 Å². The predicted molar refractivity (Wildman–Crippen MR) is 93.5 cm³/mol. The molecule has 0 unspecified atom stereocenters. The maximum Gasteiger partial charge on any atom is 0.248 e. The van der Waals surface area contributed by atoms with Gasteiger partial charge in [-0.1, -0.05) is 12.1 Å². The molecule has 3 rings (SSSR count). The van der Waals surface area contributed by atoms with Gasteiger partial charge >= 0.3 is 0 Å². The predicted octanol–water partition coefficient (Wildman–Crippen LogP) is 1.92. The molecule has 24 heavy (non-hydrogen) atoms. The standard InChI is InChI=1S/C16H15N3O3S2/c17-16(20)11-5-7-12(8-6-11)24(21,22)18-10-9-15-19-13-3-1-2-4-14(13)23-15/h1-8,18H,9-10H2,(H2,17,20). The molecule has 0 spiro atoms. The van der Waals surface area contributed by atoms with Crippen molar-refractivity contribution in [2.24, 2.45) is 5.73 Å². The number of primary amides is 1. The number of aromatic nitrogens is 1. The van der Waals surface area contributed by atoms with E-state index in [0.29, 0.717) is 6.42 Å². The second kappa shape index (κ2) is 6.68. The van der Waals surface area contributed by atoms with Gasteiger partial charge in [-0.25, -0.2) is 18.1 Å². The van der Waals surface area contributed by atoms with E-state index in [4.69, 9.17) is 5.73 Å². The topological polar surface area (TPSA) is 102 Å². The molecule has 0 fully saturated rings. The number of thiazole rings is 1. The van der Waals surface area contributed by atoms with E-state index in [0.717, 1.165) is 15.2 Å². The van der Waals surface area contributed by atoms with Crippen molar-refractivity contribution >= 4 is 37.5 Å². The minimum atomic E-state index is -3.63. The number of fused-ring (bicyclic) bond motifs is 1. The lowest BCUT2D eigenvalue weighted by Crippen LogP contribution is -2.26. The van der Waals surface area contributed by atoms with Gasteiger partial charge in [0.1, 0.15) is 0 Å². The summed E-state index contributed by atoms with van der Waals surface area (Å²) in [6.07, 6.45) is 0.512. The lowest BCUT2D eigenvalue weighted by Gasteiger charge is -2.06. The molecule has 3 aromatic rings. The third-order valence-electron chi connectivity index (χ3n) is 3.42. The van der Waals surface area contributed by atoms with Crippen LogP contribution in [0.3, 0.4) is 0 Å². The molecular weight excluding hydrogens is 346 g/mol. The Bertz CT molecular complexity index is 946. The van der Waals surface area contributed by atoms with Crippen LogP contribution in [0.25, 0.3) is 10.2 Å². The third kappa shape index (κ3) is 3.61. The van der Waals surface area contributed by atoms with Crippen molar-refractivity contribution in [2.45, 2.75) is 11.3 Å². The van der Waals surface area contributed by atoms with Crippen LogP contribution >= 0.6 is 11.3 Å². The lowest BCUT2D eigenvalue weighted by molar-refractivity contribution is 0.1000. The quantitative estimate of drug-likeness (QED) is 0.700. The number of nitrogens with zero attached hydrogens (tertiary/aromatic N) is 1. The number of rotatable bonds is 6. The normalized spacial score (nSPS) is 11.7. The summed E-state index contributed by atoms with van der Waals surface area (Å²) in [7, 11) is -3.63. The van der Waals surface area contributed by atoms with E-state index < -0.39 is 15.9 Å². The minimum absolute atomic E-state index is 0.0943. The number of carbonyl (C=O) groups excluding carboxylic acids is 1. The molecule has 1 amide bonds. The first-order chi connectivity index (χ1) is 11.5. The Balaban J connectivity index is 1.65. The summed E-state index contributed by atoms with van der Waals surface area (Å²) in [5.74, 6) is -0.595. The zero-order valence-electron chi connectivity index (χ0n) is 12.6. The van der Waals surface area contributed by atoms with E-state index >= 15 is 0 Å². The fourth-order valence-electron chi connectivity index (χ4n) is 2.20. The highest BCUT2D eigenvalue weighted by atomic mass is 32.2. The molecule has 0 atom stereocenters. The van der Waals surface area contributed by atoms with Gasteiger partial charge in [0, 0.05) is 18.5 Å². The molecule has 0 saturated heterocycles. The van der Waals surface area contributed by atoms with Gasteiger partial charge in [0.25, 0.3) is 0 Å². The van der Waals surface area contributed by atoms with Gasteiger partial charge in [-0.05, 0) is 36.4 Å². The van der Waals surface area contributed by atoms with Crippen LogP contribution in [-0.4, -0.2) is 25.9 Å². The van der Waals surface area contributed by atoms with Gasteiger partial charge < -0.3 is 5.73 Å². The molecule has 8 heteroatoms. The SMILES string of the molecule is NC(=O)c1ccc(S(=O)(=O)NCCc2nc3ccccc3s2)cc1. The molecule has 0 aliphatic carbocycles. The highest BCUT2D eigenvalue weighted by molar-refractivity contribution is 7.89. The van der Waals surface area contributed by atoms with Crippen LogP contribution in [-0.2, 0) is 16.4 Å². The molecular formula is C16H15N3O3S2. The summed E-state index contributed by atoms with van der Waals surface area (Å²) in [6.45, 7) is 0.250. The number of nitrogens with two attached hydrogens (primary N) is 1. The molecule has 0 aliphatic rings. The minimum Gasteiger partial charge on any atom is -0.366 e. The van der Waals surface area contributed by atoms with Crippen LogP contribution in [0.1, 0.15) is 15.4 Å². The first-order valence-electron chi connectivity index (χ1n) is 7.20. The van der Waals surface area contributed by atoms with Crippen LogP contribution in [0, 0.1) is 0 Å². The Labute approximate surface area is 143 Å². The number of nitrogens with one attached hydrogen (secondary N) is 1. The van der Waals surface area contributed by atoms with Gasteiger partial charge in [-0.15, -0.1) is 11.3 Å². The Kier molecular flexibility index (Phi) is 4.61. The molecule has 1 heterocycles. The Morgan fingerprint density at radius 1 is 1.12 bits per heavy atom. The molecule has 0 aliphatic heterocycles. The van der Waals surface area contributed by atoms with Crippen LogP contribution < -0.4 is 10.5 Å². The van der Waals surface area contributed by atoms with Crippen molar-refractivity contribution in [2.75, 3.05) is 6.54 Å². The van der Waals surface area contributed by atoms with E-state index in [1.54, 1.807) is 11.3 Å². The largest absolute Gasteiger partial charge is 0.366 e. The molecule has 0 saturated carbocycles. The van der Waals surface area contributed by atoms with Crippen molar-refractivity contribution < 1.29 is 13.2 Å². The number of sulfonamides is 1. The summed E-state index contributed by atoms with van der Waals surface area (Å²) in [6, 6.07) is 13.3. The molecule has 3 N–H and O–H groups in total. The van der Waals surface area contributed by atoms with E-state index in [1.165, 1.54) is 24.3 Å². The zero-order valence-corrected chi connectivity index (χ0v) is 14.2. The van der Waals surface area contributed by atoms with E-state index in [1.807, 2.05) is 24.3 Å². The zero-order chi connectivity index (χ0) is 17.2. The highest BCUT2D eigenvalue weighted by Crippen LogP contribution is 2.21. The number of para-hydroxylation sites is 1. The van der Waals surface area contributed by atoms with Crippen molar-refractivity contribution in [3.8, 4) is 0 Å². The first-order valence-corrected chi connectivity index (χ1v) is 9.50. The maximum absolute atomic E-state index is 12.2. The Morgan fingerprint density at radius 3 is 2.50 bits per heavy atom. The summed E-state index contributed by atoms with van der Waals surface area (Å²) < 4.78 is 28.1. The van der Waals surface area contributed by atoms with Gasteiger partial charge in [0.15, 0.2) is 0 Å². The second-order valence-electron chi connectivity index (χ2n) is 5.11. The van der Waals surface area contributed by atoms with Gasteiger partial charge in [0.05, 0.1) is 20.1 Å². The van der Waals surface area contributed by atoms with E-state index in [9.17, 15) is 13.2 Å². The molecule has 0 radical (unpaired) electrons. The number of carbonyl (C=O) groups is 1. The number of hydrogen-bond donors (Lipinski definition) is 2. The third-order valence-corrected chi connectivity index (χ3v) is 5.99. The average molecular weight is 361 g/mol.